The molecule has 0 saturated heterocycles. The van der Waals surface area contributed by atoms with Crippen LogP contribution in [0.1, 0.15) is 23.3 Å². The summed E-state index contributed by atoms with van der Waals surface area (Å²) in [5.74, 6) is 0.256. The molecular formula is C14H12O4S. The van der Waals surface area contributed by atoms with E-state index >= 15 is 0 Å². The number of ether oxygens (including phenoxy) is 1. The van der Waals surface area contributed by atoms with Crippen LogP contribution in [-0.4, -0.2) is 11.3 Å². The molecule has 1 aromatic carbocycles. The first-order valence-corrected chi connectivity index (χ1v) is 6.96. The van der Waals surface area contributed by atoms with Crippen LogP contribution >= 0.6 is 11.3 Å². The Hall–Kier alpha value is -1.88. The summed E-state index contributed by atoms with van der Waals surface area (Å²) >= 11 is 1.57. The number of hydrogen-bond acceptors (Lipinski definition) is 4. The fraction of sp³-hybridized carbons (Fsp3) is 0.286. The molecule has 98 valence electrons. The topological polar surface area (TPSA) is 63.6 Å². The maximum Gasteiger partial charge on any atom is 0.511 e. The third-order valence-electron chi connectivity index (χ3n) is 3.33. The predicted octanol–water partition coefficient (Wildman–Crippen LogP) is 3.20. The van der Waals surface area contributed by atoms with Crippen molar-refractivity contribution in [2.45, 2.75) is 25.7 Å². The van der Waals surface area contributed by atoms with Gasteiger partial charge in [-0.2, -0.15) is 0 Å². The molecule has 2 aromatic rings. The molecule has 0 spiro atoms. The molecule has 0 atom stereocenters. The van der Waals surface area contributed by atoms with Crippen molar-refractivity contribution in [3.63, 3.8) is 0 Å². The van der Waals surface area contributed by atoms with Crippen molar-refractivity contribution >= 4 is 27.6 Å². The fourth-order valence-corrected chi connectivity index (χ4v) is 3.74. The van der Waals surface area contributed by atoms with E-state index in [9.17, 15) is 9.59 Å². The molecule has 1 aromatic heterocycles. The lowest BCUT2D eigenvalue weighted by atomic mass is 9.97. The zero-order valence-electron chi connectivity index (χ0n) is 10.1. The second-order valence-corrected chi connectivity index (χ2v) is 5.70. The van der Waals surface area contributed by atoms with Gasteiger partial charge >= 0.3 is 6.16 Å². The third kappa shape index (κ3) is 2.21. The minimum absolute atomic E-state index is 0.0883. The van der Waals surface area contributed by atoms with E-state index in [1.54, 1.807) is 23.5 Å². The van der Waals surface area contributed by atoms with Crippen molar-refractivity contribution in [2.24, 2.45) is 0 Å². The molecule has 1 N–H and O–H groups in total. The van der Waals surface area contributed by atoms with Gasteiger partial charge < -0.3 is 9.84 Å². The molecule has 0 bridgehead atoms. The summed E-state index contributed by atoms with van der Waals surface area (Å²) in [7, 11) is 0. The molecule has 0 saturated carbocycles. The van der Waals surface area contributed by atoms with Gasteiger partial charge in [0.05, 0.1) is 0 Å². The molecule has 4 nitrogen and oxygen atoms in total. The maximum atomic E-state index is 12.4. The third-order valence-corrected chi connectivity index (χ3v) is 4.58. The van der Waals surface area contributed by atoms with E-state index in [1.165, 1.54) is 6.07 Å². The van der Waals surface area contributed by atoms with Gasteiger partial charge in [-0.25, -0.2) is 4.79 Å². The van der Waals surface area contributed by atoms with Crippen LogP contribution < -0.4 is 10.2 Å². The Kier molecular flexibility index (Phi) is 2.98. The standard InChI is InChI=1S/C14H12O4S/c15-13-9-3-1-2-4-11(9)19-12-7-8(18-14(16)17)5-6-10(12)13/h5-7H,1-4H2,(H,16,17). The smallest absolute Gasteiger partial charge is 0.449 e. The van der Waals surface area contributed by atoms with Crippen LogP contribution in [0.15, 0.2) is 23.0 Å². The van der Waals surface area contributed by atoms with E-state index < -0.39 is 6.16 Å². The molecular weight excluding hydrogens is 264 g/mol. The number of aryl methyl sites for hydroxylation is 1. The molecule has 5 heteroatoms. The Balaban J connectivity index is 2.18. The molecule has 1 aliphatic rings. The lowest BCUT2D eigenvalue weighted by Gasteiger charge is -2.14. The average Bonchev–Trinajstić information content (AvgIpc) is 2.38. The van der Waals surface area contributed by atoms with Crippen molar-refractivity contribution in [3.05, 3.63) is 38.9 Å². The fourth-order valence-electron chi connectivity index (χ4n) is 2.46. The number of fused-ring (bicyclic) bond motifs is 2. The van der Waals surface area contributed by atoms with Gasteiger partial charge in [0.25, 0.3) is 0 Å². The van der Waals surface area contributed by atoms with Crippen LogP contribution in [0.4, 0.5) is 4.79 Å². The first-order valence-electron chi connectivity index (χ1n) is 6.14. The number of benzene rings is 1. The highest BCUT2D eigenvalue weighted by atomic mass is 32.1. The van der Waals surface area contributed by atoms with Crippen molar-refractivity contribution < 1.29 is 14.6 Å². The highest BCUT2D eigenvalue weighted by molar-refractivity contribution is 7.18. The minimum atomic E-state index is -1.34. The SMILES string of the molecule is O=C(O)Oc1ccc2c(=O)c3c(sc2c1)CCCC3. The Morgan fingerprint density at radius 2 is 2.05 bits per heavy atom. The average molecular weight is 276 g/mol. The number of carbonyl (C=O) groups is 1. The molecule has 0 radical (unpaired) electrons. The van der Waals surface area contributed by atoms with Gasteiger partial charge in [0.2, 0.25) is 0 Å². The van der Waals surface area contributed by atoms with E-state index in [4.69, 9.17) is 5.11 Å². The Morgan fingerprint density at radius 1 is 1.26 bits per heavy atom. The summed E-state index contributed by atoms with van der Waals surface area (Å²) in [5.41, 5.74) is 1.03. The molecule has 1 aliphatic carbocycles. The first kappa shape index (κ1) is 12.2. The molecule has 0 amide bonds. The Morgan fingerprint density at radius 3 is 2.84 bits per heavy atom. The summed E-state index contributed by atoms with van der Waals surface area (Å²) in [6.07, 6.45) is 2.63. The van der Waals surface area contributed by atoms with Crippen molar-refractivity contribution in [2.75, 3.05) is 0 Å². The van der Waals surface area contributed by atoms with E-state index in [0.29, 0.717) is 5.39 Å². The van der Waals surface area contributed by atoms with Gasteiger partial charge in [-0.3, -0.25) is 4.79 Å². The summed E-state index contributed by atoms with van der Waals surface area (Å²) in [6, 6.07) is 4.81. The zero-order valence-corrected chi connectivity index (χ0v) is 11.0. The van der Waals surface area contributed by atoms with E-state index in [0.717, 1.165) is 40.8 Å². The van der Waals surface area contributed by atoms with E-state index in [-0.39, 0.29) is 11.2 Å². The number of carboxylic acid groups (broad SMARTS) is 1. The van der Waals surface area contributed by atoms with Gasteiger partial charge in [-0.15, -0.1) is 11.3 Å². The lowest BCUT2D eigenvalue weighted by Crippen LogP contribution is -2.15. The number of rotatable bonds is 1. The zero-order chi connectivity index (χ0) is 13.4. The molecule has 0 unspecified atom stereocenters. The molecule has 0 fully saturated rings. The molecule has 19 heavy (non-hydrogen) atoms. The van der Waals surface area contributed by atoms with Crippen LogP contribution in [0.25, 0.3) is 10.1 Å². The predicted molar refractivity (Wildman–Crippen MR) is 73.4 cm³/mol. The minimum Gasteiger partial charge on any atom is -0.449 e. The van der Waals surface area contributed by atoms with Gasteiger partial charge in [0.15, 0.2) is 5.43 Å². The normalized spacial score (nSPS) is 14.1. The van der Waals surface area contributed by atoms with Crippen molar-refractivity contribution in [1.82, 2.24) is 0 Å². The largest absolute Gasteiger partial charge is 0.511 e. The first-order chi connectivity index (χ1) is 9.15. The van der Waals surface area contributed by atoms with Crippen LogP contribution in [-0.2, 0) is 12.8 Å². The maximum absolute atomic E-state index is 12.4. The van der Waals surface area contributed by atoms with E-state index in [1.807, 2.05) is 0 Å². The van der Waals surface area contributed by atoms with Crippen molar-refractivity contribution in [1.29, 1.82) is 0 Å². The quantitative estimate of drug-likeness (QED) is 0.641. The van der Waals surface area contributed by atoms with Gasteiger partial charge in [0, 0.05) is 20.5 Å². The second kappa shape index (κ2) is 4.66. The Bertz CT molecular complexity index is 717. The highest BCUT2D eigenvalue weighted by Crippen LogP contribution is 2.30. The van der Waals surface area contributed by atoms with E-state index in [2.05, 4.69) is 4.74 Å². The lowest BCUT2D eigenvalue weighted by molar-refractivity contribution is 0.144. The highest BCUT2D eigenvalue weighted by Gasteiger charge is 2.16. The number of hydrogen-bond donors (Lipinski definition) is 1. The summed E-state index contributed by atoms with van der Waals surface area (Å²) in [5, 5.41) is 9.26. The molecule has 3 rings (SSSR count). The van der Waals surface area contributed by atoms with Crippen LogP contribution in [0.5, 0.6) is 5.75 Å². The monoisotopic (exact) mass is 276 g/mol. The molecule has 1 heterocycles. The summed E-state index contributed by atoms with van der Waals surface area (Å²) in [4.78, 5) is 24.0. The summed E-state index contributed by atoms with van der Waals surface area (Å²) in [6.45, 7) is 0. The van der Waals surface area contributed by atoms with Gasteiger partial charge in [0.1, 0.15) is 5.75 Å². The van der Waals surface area contributed by atoms with Crippen LogP contribution in [0, 0.1) is 0 Å². The molecule has 0 aliphatic heterocycles. The Labute approximate surface area is 113 Å². The second-order valence-electron chi connectivity index (χ2n) is 4.57. The van der Waals surface area contributed by atoms with Gasteiger partial charge in [-0.1, -0.05) is 0 Å². The van der Waals surface area contributed by atoms with Crippen LogP contribution in [0.2, 0.25) is 0 Å². The van der Waals surface area contributed by atoms with Crippen LogP contribution in [0.3, 0.4) is 0 Å². The van der Waals surface area contributed by atoms with Gasteiger partial charge in [-0.05, 0) is 43.9 Å². The summed E-state index contributed by atoms with van der Waals surface area (Å²) < 4.78 is 5.42. The van der Waals surface area contributed by atoms with Crippen molar-refractivity contribution in [3.8, 4) is 5.75 Å².